The molecule has 0 aliphatic carbocycles. The van der Waals surface area contributed by atoms with Crippen molar-refractivity contribution in [3.05, 3.63) is 66.4 Å². The van der Waals surface area contributed by atoms with Crippen LogP contribution in [0.25, 0.3) is 0 Å². The van der Waals surface area contributed by atoms with Crippen molar-refractivity contribution in [1.82, 2.24) is 24.3 Å². The highest BCUT2D eigenvalue weighted by Crippen LogP contribution is 2.24. The predicted molar refractivity (Wildman–Crippen MR) is 126 cm³/mol. The number of nitrogens with zero attached hydrogens (tertiary/aromatic N) is 5. The lowest BCUT2D eigenvalue weighted by Gasteiger charge is -2.33. The van der Waals surface area contributed by atoms with Gasteiger partial charge in [0.05, 0.1) is 25.8 Å². The van der Waals surface area contributed by atoms with E-state index in [1.54, 1.807) is 36.5 Å². The van der Waals surface area contributed by atoms with Crippen molar-refractivity contribution < 1.29 is 14.6 Å². The zero-order valence-electron chi connectivity index (χ0n) is 19.2. The highest BCUT2D eigenvalue weighted by molar-refractivity contribution is 5.99. The van der Waals surface area contributed by atoms with Crippen LogP contribution >= 0.6 is 0 Å². The summed E-state index contributed by atoms with van der Waals surface area (Å²) >= 11 is 0. The van der Waals surface area contributed by atoms with Crippen molar-refractivity contribution in [2.75, 3.05) is 45.7 Å². The number of nitrogens with one attached hydrogen (secondary N) is 1. The van der Waals surface area contributed by atoms with Crippen LogP contribution in [-0.4, -0.2) is 81.3 Å². The smallest absolute Gasteiger partial charge is 0.257 e. The fraction of sp³-hybridized carbons (Fsp3) is 0.375. The lowest BCUT2D eigenvalue weighted by atomic mass is 10.0. The molecule has 1 amide bonds. The Hall–Kier alpha value is -3.43. The van der Waals surface area contributed by atoms with Crippen molar-refractivity contribution in [3.63, 3.8) is 0 Å². The number of carbonyl (C=O) groups is 1. The van der Waals surface area contributed by atoms with Crippen LogP contribution in [0.3, 0.4) is 0 Å². The fourth-order valence-corrected chi connectivity index (χ4v) is 4.18. The van der Waals surface area contributed by atoms with E-state index in [0.29, 0.717) is 37.6 Å². The van der Waals surface area contributed by atoms with Crippen LogP contribution in [0.4, 0.5) is 11.5 Å². The summed E-state index contributed by atoms with van der Waals surface area (Å²) in [5, 5.41) is 14.7. The first-order valence-electron chi connectivity index (χ1n) is 10.9. The van der Waals surface area contributed by atoms with Gasteiger partial charge in [-0.1, -0.05) is 0 Å². The second-order valence-electron chi connectivity index (χ2n) is 8.54. The summed E-state index contributed by atoms with van der Waals surface area (Å²) in [7, 11) is 3.58. The number of aromatic nitrogens is 3. The first-order valence-corrected chi connectivity index (χ1v) is 10.9. The minimum Gasteiger partial charge on any atom is -0.497 e. The van der Waals surface area contributed by atoms with Crippen LogP contribution < -0.4 is 10.1 Å². The van der Waals surface area contributed by atoms with Crippen molar-refractivity contribution in [1.29, 1.82) is 0 Å². The Morgan fingerprint density at radius 3 is 2.64 bits per heavy atom. The molecule has 1 aliphatic rings. The molecule has 1 aliphatic heterocycles. The lowest BCUT2D eigenvalue weighted by Crippen LogP contribution is -2.50. The number of benzene rings is 1. The third kappa shape index (κ3) is 5.32. The number of ether oxygens (including phenoxy) is 1. The number of aryl methyl sites for hydroxylation is 1. The normalized spacial score (nSPS) is 19.2. The minimum atomic E-state index is -1.11. The van der Waals surface area contributed by atoms with Gasteiger partial charge in [0, 0.05) is 43.9 Å². The molecule has 0 spiro atoms. The number of aliphatic hydroxyl groups is 1. The molecule has 3 aromatic rings. The number of methoxy groups -OCH3 is 1. The zero-order chi connectivity index (χ0) is 23.4. The van der Waals surface area contributed by atoms with E-state index in [1.165, 1.54) is 0 Å². The summed E-state index contributed by atoms with van der Waals surface area (Å²) < 4.78 is 7.13. The third-order valence-corrected chi connectivity index (χ3v) is 5.87. The van der Waals surface area contributed by atoms with Crippen LogP contribution in [0, 0.1) is 6.92 Å². The quantitative estimate of drug-likeness (QED) is 0.594. The molecule has 1 saturated heterocycles. The zero-order valence-corrected chi connectivity index (χ0v) is 19.2. The summed E-state index contributed by atoms with van der Waals surface area (Å²) in [6.45, 7) is 4.11. The molecule has 1 aromatic carbocycles. The topological polar surface area (TPSA) is 95.8 Å². The minimum absolute atomic E-state index is 0.171. The van der Waals surface area contributed by atoms with Gasteiger partial charge in [-0.3, -0.25) is 4.79 Å². The summed E-state index contributed by atoms with van der Waals surface area (Å²) in [6, 6.07) is 10.9. The molecule has 174 valence electrons. The van der Waals surface area contributed by atoms with Crippen LogP contribution in [0.15, 0.2) is 55.0 Å². The molecule has 0 unspecified atom stereocenters. The number of hydrogen-bond acceptors (Lipinski definition) is 7. The molecule has 2 N–H and O–H groups in total. The number of imidazole rings is 1. The molecule has 9 heteroatoms. The maximum Gasteiger partial charge on any atom is 0.257 e. The van der Waals surface area contributed by atoms with E-state index in [2.05, 4.69) is 20.2 Å². The molecule has 0 radical (unpaired) electrons. The molecule has 2 aromatic heterocycles. The van der Waals surface area contributed by atoms with Gasteiger partial charge in [0.2, 0.25) is 0 Å². The first-order chi connectivity index (χ1) is 15.9. The standard InChI is InChI=1S/C24H30N6O3/c1-18-25-11-12-29(18)16-24(32)15-28(2)13-14-30(17-24)23(31)21-5-4-10-26-22(21)27-19-6-8-20(33-3)9-7-19/h4-12,32H,13-17H2,1-3H3,(H,26,27)/t24-/m0/s1. The van der Waals surface area contributed by atoms with Crippen molar-refractivity contribution in [2.24, 2.45) is 0 Å². The maximum absolute atomic E-state index is 13.6. The van der Waals surface area contributed by atoms with Gasteiger partial charge in [0.25, 0.3) is 5.91 Å². The Bertz CT molecular complexity index is 1100. The van der Waals surface area contributed by atoms with E-state index >= 15 is 0 Å². The molecule has 0 saturated carbocycles. The number of rotatable bonds is 6. The summed E-state index contributed by atoms with van der Waals surface area (Å²) in [4.78, 5) is 26.0. The first kappa shape index (κ1) is 22.8. The van der Waals surface area contributed by atoms with Crippen LogP contribution in [0.2, 0.25) is 0 Å². The predicted octanol–water partition coefficient (Wildman–Crippen LogP) is 2.16. The molecule has 4 rings (SSSR count). The van der Waals surface area contributed by atoms with Crippen LogP contribution in [0.5, 0.6) is 5.75 Å². The summed E-state index contributed by atoms with van der Waals surface area (Å²) in [5.41, 5.74) is 0.142. The van der Waals surface area contributed by atoms with E-state index in [1.807, 2.05) is 49.0 Å². The second-order valence-corrected chi connectivity index (χ2v) is 8.54. The largest absolute Gasteiger partial charge is 0.497 e. The molecule has 1 atom stereocenters. The molecule has 0 bridgehead atoms. The van der Waals surface area contributed by atoms with E-state index in [4.69, 9.17) is 4.74 Å². The molecule has 1 fully saturated rings. The van der Waals surface area contributed by atoms with E-state index in [9.17, 15) is 9.90 Å². The van der Waals surface area contributed by atoms with Gasteiger partial charge < -0.3 is 29.5 Å². The Morgan fingerprint density at radius 2 is 1.94 bits per heavy atom. The summed E-state index contributed by atoms with van der Waals surface area (Å²) in [5.74, 6) is 1.87. The van der Waals surface area contributed by atoms with Gasteiger partial charge in [-0.25, -0.2) is 9.97 Å². The number of likely N-dealkylation sites (N-methyl/N-ethyl adjacent to an activating group) is 1. The Labute approximate surface area is 193 Å². The molecular formula is C24H30N6O3. The van der Waals surface area contributed by atoms with Gasteiger partial charge in [0.15, 0.2) is 0 Å². The number of carbonyl (C=O) groups excluding carboxylic acids is 1. The fourth-order valence-electron chi connectivity index (χ4n) is 4.18. The highest BCUT2D eigenvalue weighted by Gasteiger charge is 2.37. The van der Waals surface area contributed by atoms with Gasteiger partial charge in [-0.2, -0.15) is 0 Å². The number of amides is 1. The molecule has 9 nitrogen and oxygen atoms in total. The third-order valence-electron chi connectivity index (χ3n) is 5.87. The van der Waals surface area contributed by atoms with E-state index in [0.717, 1.165) is 17.3 Å². The molecular weight excluding hydrogens is 420 g/mol. The van der Waals surface area contributed by atoms with Gasteiger partial charge in [0.1, 0.15) is 23.0 Å². The van der Waals surface area contributed by atoms with Gasteiger partial charge in [-0.05, 0) is 50.4 Å². The van der Waals surface area contributed by atoms with Crippen LogP contribution in [-0.2, 0) is 6.54 Å². The number of β-amino-alcohol motifs (C(OH)–C–C–N with tert-alkyl or cyclic N) is 1. The van der Waals surface area contributed by atoms with E-state index in [-0.39, 0.29) is 12.5 Å². The van der Waals surface area contributed by atoms with Crippen LogP contribution in [0.1, 0.15) is 16.2 Å². The van der Waals surface area contributed by atoms with E-state index < -0.39 is 5.60 Å². The Kier molecular flexibility index (Phi) is 6.62. The molecule has 33 heavy (non-hydrogen) atoms. The monoisotopic (exact) mass is 450 g/mol. The van der Waals surface area contributed by atoms with Gasteiger partial charge in [-0.15, -0.1) is 0 Å². The number of pyridine rings is 1. The lowest BCUT2D eigenvalue weighted by molar-refractivity contribution is -0.0116. The average Bonchev–Trinajstić information content (AvgIpc) is 3.13. The Morgan fingerprint density at radius 1 is 1.15 bits per heavy atom. The summed E-state index contributed by atoms with van der Waals surface area (Å²) in [6.07, 6.45) is 5.22. The van der Waals surface area contributed by atoms with Crippen molar-refractivity contribution in [2.45, 2.75) is 19.1 Å². The highest BCUT2D eigenvalue weighted by atomic mass is 16.5. The second kappa shape index (κ2) is 9.60. The van der Waals surface area contributed by atoms with Crippen molar-refractivity contribution >= 4 is 17.4 Å². The SMILES string of the molecule is COc1ccc(Nc2ncccc2C(=O)N2CCN(C)C[C@](O)(Cn3ccnc3C)C2)cc1. The Balaban J connectivity index is 1.57. The number of anilines is 2. The molecule has 3 heterocycles. The number of hydrogen-bond donors (Lipinski definition) is 2. The van der Waals surface area contributed by atoms with Crippen molar-refractivity contribution in [3.8, 4) is 5.75 Å². The average molecular weight is 451 g/mol. The van der Waals surface area contributed by atoms with Gasteiger partial charge >= 0.3 is 0 Å². The maximum atomic E-state index is 13.6.